The topological polar surface area (TPSA) is 62.3 Å². The first kappa shape index (κ1) is 16.1. The lowest BCUT2D eigenvalue weighted by Crippen LogP contribution is -2.25. The molecule has 0 aromatic carbocycles. The van der Waals surface area contributed by atoms with Crippen LogP contribution in [0.1, 0.15) is 10.4 Å². The van der Waals surface area contributed by atoms with Gasteiger partial charge in [0.15, 0.2) is 0 Å². The third kappa shape index (κ3) is 4.10. The van der Waals surface area contributed by atoms with E-state index in [2.05, 4.69) is 10.3 Å². The van der Waals surface area contributed by atoms with E-state index < -0.39 is 10.0 Å². The molecule has 0 aliphatic rings. The Kier molecular flexibility index (Phi) is 5.46. The lowest BCUT2D eigenvalue weighted by atomic mass is 10.3. The highest BCUT2D eigenvalue weighted by Crippen LogP contribution is 2.25. The molecule has 21 heavy (non-hydrogen) atoms. The first-order chi connectivity index (χ1) is 10.0. The van der Waals surface area contributed by atoms with Crippen LogP contribution in [0.4, 0.5) is 0 Å². The molecule has 2 aromatic heterocycles. The summed E-state index contributed by atoms with van der Waals surface area (Å²) < 4.78 is 26.8. The van der Waals surface area contributed by atoms with Gasteiger partial charge in [0.2, 0.25) is 0 Å². The predicted molar refractivity (Wildman–Crippen MR) is 84.8 cm³/mol. The summed E-state index contributed by atoms with van der Waals surface area (Å²) in [6.07, 6.45) is 4.19. The van der Waals surface area contributed by atoms with Crippen LogP contribution in [0.2, 0.25) is 0 Å². The minimum Gasteiger partial charge on any atom is -0.319 e. The summed E-state index contributed by atoms with van der Waals surface area (Å²) in [5.41, 5.74) is 0.871. The Morgan fingerprint density at radius 1 is 1.33 bits per heavy atom. The summed E-state index contributed by atoms with van der Waals surface area (Å²) in [7, 11) is 0.0367. The number of nitrogens with zero attached hydrogens (tertiary/aromatic N) is 2. The zero-order chi connectivity index (χ0) is 15.3. The average Bonchev–Trinajstić information content (AvgIpc) is 2.95. The number of pyridine rings is 1. The molecule has 0 spiro atoms. The van der Waals surface area contributed by atoms with Crippen molar-refractivity contribution in [2.24, 2.45) is 0 Å². The fourth-order valence-electron chi connectivity index (χ4n) is 1.87. The van der Waals surface area contributed by atoms with E-state index in [1.54, 1.807) is 31.6 Å². The van der Waals surface area contributed by atoms with Crippen LogP contribution in [-0.4, -0.2) is 38.3 Å². The van der Waals surface area contributed by atoms with E-state index in [-0.39, 0.29) is 0 Å². The molecule has 7 heteroatoms. The number of nitrogens with one attached hydrogen (secondary N) is 1. The van der Waals surface area contributed by atoms with Crippen molar-refractivity contribution in [3.8, 4) is 0 Å². The normalized spacial score (nSPS) is 12.0. The molecule has 0 fully saturated rings. The van der Waals surface area contributed by atoms with Gasteiger partial charge in [-0.1, -0.05) is 6.07 Å². The van der Waals surface area contributed by atoms with Gasteiger partial charge in [0.1, 0.15) is 4.21 Å². The van der Waals surface area contributed by atoms with E-state index in [1.165, 1.54) is 15.6 Å². The van der Waals surface area contributed by atoms with E-state index in [0.717, 1.165) is 23.4 Å². The largest absolute Gasteiger partial charge is 0.319 e. The highest BCUT2D eigenvalue weighted by atomic mass is 32.2. The molecule has 114 valence electrons. The van der Waals surface area contributed by atoms with Gasteiger partial charge in [0, 0.05) is 30.9 Å². The smallest absolute Gasteiger partial charge is 0.252 e. The van der Waals surface area contributed by atoms with Crippen LogP contribution in [0.15, 0.2) is 40.9 Å². The zero-order valence-electron chi connectivity index (χ0n) is 12.1. The minimum absolute atomic E-state index is 0.319. The molecule has 0 aliphatic carbocycles. The third-order valence-electron chi connectivity index (χ3n) is 3.05. The molecule has 2 aromatic rings. The van der Waals surface area contributed by atoms with Gasteiger partial charge >= 0.3 is 0 Å². The summed E-state index contributed by atoms with van der Waals surface area (Å²) >= 11 is 1.33. The Hall–Kier alpha value is -1.28. The number of thiophene rings is 1. The fraction of sp³-hybridized carbons (Fsp3) is 0.357. The van der Waals surface area contributed by atoms with Crippen LogP contribution < -0.4 is 5.32 Å². The third-order valence-corrected chi connectivity index (χ3v) is 6.47. The first-order valence-electron chi connectivity index (χ1n) is 6.62. The molecule has 1 N–H and O–H groups in total. The second-order valence-corrected chi connectivity index (χ2v) is 8.14. The maximum Gasteiger partial charge on any atom is 0.252 e. The predicted octanol–water partition coefficient (Wildman–Crippen LogP) is 1.73. The molecule has 0 saturated carbocycles. The molecular formula is C14H19N3O2S2. The summed E-state index contributed by atoms with van der Waals surface area (Å²) in [6, 6.07) is 7.24. The maximum atomic E-state index is 12.5. The van der Waals surface area contributed by atoms with Gasteiger partial charge in [0.25, 0.3) is 10.0 Å². The van der Waals surface area contributed by atoms with Crippen LogP contribution in [0, 0.1) is 0 Å². The zero-order valence-corrected chi connectivity index (χ0v) is 13.7. The van der Waals surface area contributed by atoms with Gasteiger partial charge in [-0.2, -0.15) is 4.31 Å². The highest BCUT2D eigenvalue weighted by molar-refractivity contribution is 7.91. The molecule has 0 unspecified atom stereocenters. The van der Waals surface area contributed by atoms with Gasteiger partial charge in [-0.15, -0.1) is 11.3 Å². The van der Waals surface area contributed by atoms with Crippen molar-refractivity contribution >= 4 is 21.4 Å². The minimum atomic E-state index is -3.44. The number of aromatic nitrogens is 1. The quantitative estimate of drug-likeness (QED) is 0.842. The first-order valence-corrected chi connectivity index (χ1v) is 8.88. The second-order valence-electron chi connectivity index (χ2n) is 4.70. The molecule has 0 amide bonds. The standard InChI is InChI=1S/C14H19N3O2S2/c1-15-9-7-13-5-6-14(20-13)21(18,19)17(2)11-12-4-3-8-16-10-12/h3-6,8,10,15H,7,9,11H2,1-2H3. The number of rotatable bonds is 7. The van der Waals surface area contributed by atoms with Crippen LogP contribution in [0.3, 0.4) is 0 Å². The Morgan fingerprint density at radius 2 is 2.14 bits per heavy atom. The summed E-state index contributed by atoms with van der Waals surface area (Å²) in [5, 5.41) is 3.06. The van der Waals surface area contributed by atoms with Crippen molar-refractivity contribution in [3.05, 3.63) is 47.1 Å². The lowest BCUT2D eigenvalue weighted by Gasteiger charge is -2.15. The lowest BCUT2D eigenvalue weighted by molar-refractivity contribution is 0.468. The summed E-state index contributed by atoms with van der Waals surface area (Å²) in [6.45, 7) is 1.16. The molecule has 0 atom stereocenters. The number of hydrogen-bond acceptors (Lipinski definition) is 5. The Morgan fingerprint density at radius 3 is 2.81 bits per heavy atom. The van der Waals surface area contributed by atoms with Crippen LogP contribution in [-0.2, 0) is 23.0 Å². The van der Waals surface area contributed by atoms with E-state index >= 15 is 0 Å². The molecule has 0 saturated heterocycles. The molecule has 5 nitrogen and oxygen atoms in total. The average molecular weight is 325 g/mol. The number of hydrogen-bond donors (Lipinski definition) is 1. The van der Waals surface area contributed by atoms with Gasteiger partial charge in [-0.25, -0.2) is 8.42 Å². The number of sulfonamides is 1. The van der Waals surface area contributed by atoms with E-state index in [1.807, 2.05) is 19.2 Å². The van der Waals surface area contributed by atoms with Gasteiger partial charge in [-0.05, 0) is 43.8 Å². The second kappa shape index (κ2) is 7.13. The van der Waals surface area contributed by atoms with Crippen molar-refractivity contribution in [1.82, 2.24) is 14.6 Å². The molecule has 0 aliphatic heterocycles. The highest BCUT2D eigenvalue weighted by Gasteiger charge is 2.22. The molecule has 0 bridgehead atoms. The Bertz CT molecular complexity index is 669. The summed E-state index contributed by atoms with van der Waals surface area (Å²) in [5.74, 6) is 0. The fourth-order valence-corrected chi connectivity index (χ4v) is 4.59. The molecule has 2 rings (SSSR count). The van der Waals surface area contributed by atoms with E-state index in [4.69, 9.17) is 0 Å². The van der Waals surface area contributed by atoms with Crippen LogP contribution in [0.25, 0.3) is 0 Å². The van der Waals surface area contributed by atoms with Gasteiger partial charge < -0.3 is 5.32 Å². The maximum absolute atomic E-state index is 12.5. The Balaban J connectivity index is 2.11. The van der Waals surface area contributed by atoms with Crippen molar-refractivity contribution in [3.63, 3.8) is 0 Å². The Labute approximate surface area is 129 Å². The van der Waals surface area contributed by atoms with Crippen molar-refractivity contribution in [2.45, 2.75) is 17.2 Å². The van der Waals surface area contributed by atoms with Crippen LogP contribution >= 0.6 is 11.3 Å². The van der Waals surface area contributed by atoms with Crippen molar-refractivity contribution < 1.29 is 8.42 Å². The SMILES string of the molecule is CNCCc1ccc(S(=O)(=O)N(C)Cc2cccnc2)s1. The molecule has 2 heterocycles. The summed E-state index contributed by atoms with van der Waals surface area (Å²) in [4.78, 5) is 5.07. The van der Waals surface area contributed by atoms with Crippen molar-refractivity contribution in [2.75, 3.05) is 20.6 Å². The molecular weight excluding hydrogens is 306 g/mol. The molecule has 0 radical (unpaired) electrons. The van der Waals surface area contributed by atoms with Crippen molar-refractivity contribution in [1.29, 1.82) is 0 Å². The monoisotopic (exact) mass is 325 g/mol. The number of likely N-dealkylation sites (N-methyl/N-ethyl adjacent to an activating group) is 1. The van der Waals surface area contributed by atoms with Gasteiger partial charge in [-0.3, -0.25) is 4.98 Å². The van der Waals surface area contributed by atoms with Crippen LogP contribution in [0.5, 0.6) is 0 Å². The van der Waals surface area contributed by atoms with Gasteiger partial charge in [0.05, 0.1) is 0 Å². The van der Waals surface area contributed by atoms with E-state index in [0.29, 0.717) is 10.8 Å². The van der Waals surface area contributed by atoms with E-state index in [9.17, 15) is 8.42 Å².